The third-order valence-electron chi connectivity index (χ3n) is 16.6. The first-order chi connectivity index (χ1) is 30.1. The Hall–Kier alpha value is -5.37. The molecule has 5 aromatic rings. The molecule has 0 spiro atoms. The van der Waals surface area contributed by atoms with Crippen LogP contribution in [0, 0.1) is 16.2 Å². The Morgan fingerprint density at radius 3 is 2.29 bits per heavy atom. The highest BCUT2D eigenvalue weighted by molar-refractivity contribution is 6.14. The first-order valence-corrected chi connectivity index (χ1v) is 23.0. The molecule has 1 aliphatic heterocycles. The van der Waals surface area contributed by atoms with Crippen molar-refractivity contribution in [3.63, 3.8) is 0 Å². The predicted molar refractivity (Wildman–Crippen MR) is 248 cm³/mol. The summed E-state index contributed by atoms with van der Waals surface area (Å²) in [5, 5.41) is 27.0. The van der Waals surface area contributed by atoms with Crippen LogP contribution in [0.5, 0.6) is 0 Å². The Morgan fingerprint density at radius 1 is 0.794 bits per heavy atom. The topological polar surface area (TPSA) is 104 Å². The number of rotatable bonds is 8. The fraction of sp³-hybridized carbons (Fsp3) is 0.411. The molecule has 5 aliphatic rings. The van der Waals surface area contributed by atoms with Gasteiger partial charge in [0.15, 0.2) is 11.4 Å². The molecule has 4 aliphatic carbocycles. The van der Waals surface area contributed by atoms with Gasteiger partial charge in [0.1, 0.15) is 0 Å². The van der Waals surface area contributed by atoms with E-state index < -0.39 is 33.6 Å². The van der Waals surface area contributed by atoms with Gasteiger partial charge < -0.3 is 19.8 Å². The van der Waals surface area contributed by atoms with Crippen LogP contribution in [0.1, 0.15) is 125 Å². The Bertz CT molecular complexity index is 2630. The molecule has 5 aromatic carbocycles. The van der Waals surface area contributed by atoms with Gasteiger partial charge in [0.25, 0.3) is 5.91 Å². The van der Waals surface area contributed by atoms with Crippen molar-refractivity contribution in [3.8, 4) is 11.1 Å². The first-order valence-electron chi connectivity index (χ1n) is 23.0. The number of fused-ring (bicyclic) bond motifs is 11. The van der Waals surface area contributed by atoms with Crippen molar-refractivity contribution >= 4 is 28.4 Å². The molecule has 3 fully saturated rings. The third kappa shape index (κ3) is 6.98. The molecule has 2 saturated carbocycles. The second kappa shape index (κ2) is 16.0. The van der Waals surface area contributed by atoms with E-state index in [1.165, 1.54) is 5.57 Å². The second-order valence-electron chi connectivity index (χ2n) is 20.2. The summed E-state index contributed by atoms with van der Waals surface area (Å²) in [6.45, 7) is 10.4. The molecule has 2 N–H and O–H groups in total. The lowest BCUT2D eigenvalue weighted by molar-refractivity contribution is -0.178. The van der Waals surface area contributed by atoms with Crippen molar-refractivity contribution in [2.75, 3.05) is 6.54 Å². The normalized spacial score (nSPS) is 28.9. The van der Waals surface area contributed by atoms with E-state index in [9.17, 15) is 15.0 Å². The monoisotopic (exact) mass is 843 g/mol. The summed E-state index contributed by atoms with van der Waals surface area (Å²) in [6.07, 6.45) is 6.69. The van der Waals surface area contributed by atoms with Crippen LogP contribution in [0.4, 0.5) is 0 Å². The van der Waals surface area contributed by atoms with E-state index in [-0.39, 0.29) is 36.7 Å². The summed E-state index contributed by atoms with van der Waals surface area (Å²) < 4.78 is 6.26. The van der Waals surface area contributed by atoms with Crippen molar-refractivity contribution in [2.45, 2.75) is 122 Å². The molecule has 1 heterocycles. The summed E-state index contributed by atoms with van der Waals surface area (Å²) in [6, 6.07) is 38.1. The molecule has 6 unspecified atom stereocenters. The standard InChI is InChI=1S/C56H61NO6/c1-37-15-14-29-53(4)48(45-27-25-38(33-42(58)26-24-37)34-47(45)49(59)46-23-12-11-22-44(46)40-16-7-6-8-17-40)28-30-55(53,62)36-57(35-41-20-13-19-39-18-9-10-21-43(39)41)50(60)56-32-31-54(5,51(61)63-56)52(56,2)3/h6-13,15-23,25,27,34,42,48,58,62H,14,24,26,28-33,35-36H2,1-5H3. The Kier molecular flexibility index (Phi) is 10.9. The number of aliphatic hydroxyl groups is 2. The van der Waals surface area contributed by atoms with E-state index in [0.717, 1.165) is 45.0 Å². The number of amides is 1. The summed E-state index contributed by atoms with van der Waals surface area (Å²) in [5.74, 6) is -0.936. The maximum absolute atomic E-state index is 15.6. The average molecular weight is 844 g/mol. The van der Waals surface area contributed by atoms with E-state index in [4.69, 9.17) is 4.74 Å². The maximum atomic E-state index is 15.6. The molecule has 1 amide bonds. The molecule has 63 heavy (non-hydrogen) atoms. The Labute approximate surface area is 372 Å². The fourth-order valence-electron chi connectivity index (χ4n) is 12.0. The van der Waals surface area contributed by atoms with Crippen LogP contribution in [0.15, 0.2) is 127 Å². The van der Waals surface area contributed by atoms with Crippen LogP contribution in [0.3, 0.4) is 0 Å². The lowest BCUT2D eigenvalue weighted by Crippen LogP contribution is -2.60. The van der Waals surface area contributed by atoms with Crippen molar-refractivity contribution in [3.05, 3.63) is 155 Å². The Morgan fingerprint density at radius 2 is 1.52 bits per heavy atom. The van der Waals surface area contributed by atoms with Crippen LogP contribution in [0.25, 0.3) is 21.9 Å². The molecule has 326 valence electrons. The summed E-state index contributed by atoms with van der Waals surface area (Å²) in [5.41, 5.74) is 1.76. The largest absolute Gasteiger partial charge is 0.448 e. The summed E-state index contributed by atoms with van der Waals surface area (Å²) >= 11 is 0. The van der Waals surface area contributed by atoms with Gasteiger partial charge in [0, 0.05) is 28.5 Å². The SMILES string of the molecule is CC1=CCCC2(C)C(CCC2(O)CN(Cc2cccc3ccccc23)C(=O)C23CCC(C)(C(=O)O2)C3(C)C)c2ccc(cc2C(=O)c2ccccc2-c2ccccc2)CC(O)CC1. The van der Waals surface area contributed by atoms with Crippen LogP contribution in [-0.2, 0) is 27.3 Å². The molecule has 7 nitrogen and oxygen atoms in total. The maximum Gasteiger partial charge on any atom is 0.313 e. The Balaban J connectivity index is 1.17. The number of carbonyl (C=O) groups is 3. The fourth-order valence-corrected chi connectivity index (χ4v) is 12.0. The number of hydrogen-bond acceptors (Lipinski definition) is 6. The highest BCUT2D eigenvalue weighted by atomic mass is 16.6. The van der Waals surface area contributed by atoms with E-state index >= 15 is 9.59 Å². The second-order valence-corrected chi connectivity index (χ2v) is 20.2. The van der Waals surface area contributed by atoms with Gasteiger partial charge in [-0.1, -0.05) is 142 Å². The van der Waals surface area contributed by atoms with Gasteiger partial charge >= 0.3 is 5.97 Å². The highest BCUT2D eigenvalue weighted by Crippen LogP contribution is 2.66. The van der Waals surface area contributed by atoms with Gasteiger partial charge in [0.05, 0.1) is 23.7 Å². The molecule has 0 radical (unpaired) electrons. The van der Waals surface area contributed by atoms with Gasteiger partial charge in [0.2, 0.25) is 0 Å². The van der Waals surface area contributed by atoms with Gasteiger partial charge in [-0.05, 0) is 122 Å². The zero-order chi connectivity index (χ0) is 44.4. The van der Waals surface area contributed by atoms with Crippen molar-refractivity contribution < 1.29 is 29.3 Å². The van der Waals surface area contributed by atoms with E-state index in [0.29, 0.717) is 62.5 Å². The first kappa shape index (κ1) is 42.9. The van der Waals surface area contributed by atoms with Crippen molar-refractivity contribution in [2.24, 2.45) is 16.2 Å². The number of benzene rings is 5. The van der Waals surface area contributed by atoms with Crippen molar-refractivity contribution in [1.82, 2.24) is 4.90 Å². The molecule has 1 saturated heterocycles. The average Bonchev–Trinajstić information content (AvgIpc) is 3.72. The minimum Gasteiger partial charge on any atom is -0.448 e. The molecule has 0 aromatic heterocycles. The number of aliphatic hydroxyl groups excluding tert-OH is 1. The van der Waals surface area contributed by atoms with Crippen LogP contribution >= 0.6 is 0 Å². The smallest absolute Gasteiger partial charge is 0.313 e. The molecule has 4 bridgehead atoms. The van der Waals surface area contributed by atoms with E-state index in [2.05, 4.69) is 44.2 Å². The van der Waals surface area contributed by atoms with Crippen LogP contribution in [0.2, 0.25) is 0 Å². The number of nitrogens with zero attached hydrogens (tertiary/aromatic N) is 1. The molecular weight excluding hydrogens is 783 g/mol. The molecule has 6 atom stereocenters. The molecule has 10 rings (SSSR count). The van der Waals surface area contributed by atoms with Gasteiger partial charge in [-0.25, -0.2) is 0 Å². The van der Waals surface area contributed by atoms with Crippen LogP contribution < -0.4 is 0 Å². The van der Waals surface area contributed by atoms with Crippen molar-refractivity contribution in [1.29, 1.82) is 0 Å². The number of carbonyl (C=O) groups excluding carboxylic acids is 3. The minimum absolute atomic E-state index is 0.0290. The number of ether oxygens (including phenoxy) is 1. The lowest BCUT2D eigenvalue weighted by Gasteiger charge is -2.47. The zero-order valence-corrected chi connectivity index (χ0v) is 37.5. The zero-order valence-electron chi connectivity index (χ0n) is 37.5. The lowest BCUT2D eigenvalue weighted by atomic mass is 9.64. The minimum atomic E-state index is -1.39. The number of allylic oxidation sites excluding steroid dienone is 2. The quantitative estimate of drug-likeness (QED) is 0.0916. The third-order valence-corrected chi connectivity index (χ3v) is 16.6. The number of ketones is 1. The predicted octanol–water partition coefficient (Wildman–Crippen LogP) is 10.9. The van der Waals surface area contributed by atoms with Gasteiger partial charge in [-0.15, -0.1) is 0 Å². The summed E-state index contributed by atoms with van der Waals surface area (Å²) in [7, 11) is 0. The number of esters is 1. The number of hydrogen-bond donors (Lipinski definition) is 2. The van der Waals surface area contributed by atoms with E-state index in [1.807, 2.05) is 112 Å². The summed E-state index contributed by atoms with van der Waals surface area (Å²) in [4.78, 5) is 46.3. The van der Waals surface area contributed by atoms with Gasteiger partial charge in [-0.3, -0.25) is 14.4 Å². The van der Waals surface area contributed by atoms with E-state index in [1.54, 1.807) is 4.90 Å². The molecule has 7 heteroatoms. The van der Waals surface area contributed by atoms with Gasteiger partial charge in [-0.2, -0.15) is 0 Å². The van der Waals surface area contributed by atoms with Crippen LogP contribution in [-0.4, -0.2) is 56.6 Å². The highest BCUT2D eigenvalue weighted by Gasteiger charge is 2.76. The molecular formula is C56H61NO6.